The van der Waals surface area contributed by atoms with Gasteiger partial charge in [0, 0.05) is 20.1 Å². The average molecular weight is 668 g/mol. The lowest BCUT2D eigenvalue weighted by molar-refractivity contribution is -0.248. The van der Waals surface area contributed by atoms with Crippen LogP contribution in [0, 0.1) is 56.7 Å². The van der Waals surface area contributed by atoms with Gasteiger partial charge in [-0.25, -0.2) is 0 Å². The number of carbonyl (C=O) groups excluding carboxylic acids is 2. The van der Waals surface area contributed by atoms with Crippen LogP contribution in [0.25, 0.3) is 0 Å². The van der Waals surface area contributed by atoms with Crippen LogP contribution in [0.15, 0.2) is 12.2 Å². The molecular weight excluding hydrogens is 594 g/mol. The molecule has 0 spiro atoms. The van der Waals surface area contributed by atoms with Gasteiger partial charge < -0.3 is 14.8 Å². The summed E-state index contributed by atoms with van der Waals surface area (Å²) in [6.07, 6.45) is 22.2. The number of methoxy groups -OCH3 is 2. The highest BCUT2D eigenvalue weighted by molar-refractivity contribution is 5.84. The standard InChI is InChI=1S/C43H73NO4/c1-30(2)31-21-26-43(38(46)44-29-17-15-13-11-10-12-14-16-18-36(45)48-9)28-27-41(6)32(37(31)43)19-20-34-40(5)24-23-35(47-8)39(3,4)33(40)22-25-42(34,41)7/h31-35,37H,1,10-29H2,2-9H3,(H,44,46)/t31-,32+,33-,34+,35-,37+,40-,41+,42+,43-/m0/s1. The number of rotatable bonds is 14. The number of fused-ring (bicyclic) bond motifs is 7. The van der Waals surface area contributed by atoms with Gasteiger partial charge >= 0.3 is 5.97 Å². The van der Waals surface area contributed by atoms with Crippen molar-refractivity contribution in [3.8, 4) is 0 Å². The van der Waals surface area contributed by atoms with Crippen LogP contribution in [-0.2, 0) is 19.1 Å². The minimum absolute atomic E-state index is 0.0962. The van der Waals surface area contributed by atoms with Gasteiger partial charge in [0.1, 0.15) is 0 Å². The highest BCUT2D eigenvalue weighted by Crippen LogP contribution is 2.77. The van der Waals surface area contributed by atoms with E-state index in [9.17, 15) is 9.59 Å². The van der Waals surface area contributed by atoms with Gasteiger partial charge in [-0.15, -0.1) is 0 Å². The van der Waals surface area contributed by atoms with E-state index in [-0.39, 0.29) is 22.2 Å². The average Bonchev–Trinajstić information content (AvgIpc) is 3.45. The molecule has 5 fully saturated rings. The van der Waals surface area contributed by atoms with Gasteiger partial charge in [-0.2, -0.15) is 0 Å². The highest BCUT2D eigenvalue weighted by Gasteiger charge is 2.71. The normalized spacial score (nSPS) is 41.3. The van der Waals surface area contributed by atoms with Crippen LogP contribution in [-0.4, -0.2) is 38.7 Å². The number of unbranched alkanes of at least 4 members (excludes halogenated alkanes) is 7. The Hall–Kier alpha value is -1.36. The number of esters is 1. The fourth-order valence-electron chi connectivity index (χ4n) is 13.9. The Morgan fingerprint density at radius 1 is 0.729 bits per heavy atom. The van der Waals surface area contributed by atoms with E-state index in [4.69, 9.17) is 9.47 Å². The van der Waals surface area contributed by atoms with Crippen molar-refractivity contribution >= 4 is 11.9 Å². The van der Waals surface area contributed by atoms with Crippen molar-refractivity contribution in [3.05, 3.63) is 12.2 Å². The second-order valence-electron chi connectivity index (χ2n) is 18.8. The summed E-state index contributed by atoms with van der Waals surface area (Å²) in [5, 5.41) is 3.52. The van der Waals surface area contributed by atoms with Crippen molar-refractivity contribution in [2.75, 3.05) is 20.8 Å². The first-order valence-corrected chi connectivity index (χ1v) is 20.3. The van der Waals surface area contributed by atoms with Gasteiger partial charge in [0.05, 0.1) is 18.6 Å². The van der Waals surface area contributed by atoms with Gasteiger partial charge in [-0.05, 0) is 135 Å². The van der Waals surface area contributed by atoms with Crippen molar-refractivity contribution in [2.45, 2.75) is 170 Å². The van der Waals surface area contributed by atoms with Crippen LogP contribution in [0.4, 0.5) is 0 Å². The highest BCUT2D eigenvalue weighted by atomic mass is 16.5. The lowest BCUT2D eigenvalue weighted by Crippen LogP contribution is -2.67. The molecular formula is C43H73NO4. The van der Waals surface area contributed by atoms with Gasteiger partial charge in [-0.1, -0.05) is 85.3 Å². The zero-order chi connectivity index (χ0) is 35.0. The predicted octanol–water partition coefficient (Wildman–Crippen LogP) is 10.5. The van der Waals surface area contributed by atoms with Crippen molar-refractivity contribution in [3.63, 3.8) is 0 Å². The Labute approximate surface area is 294 Å². The van der Waals surface area contributed by atoms with E-state index in [1.165, 1.54) is 89.7 Å². The molecule has 0 heterocycles. The summed E-state index contributed by atoms with van der Waals surface area (Å²) in [7, 11) is 3.39. The molecule has 1 N–H and O–H groups in total. The molecule has 5 aliphatic carbocycles. The van der Waals surface area contributed by atoms with E-state index in [1.807, 2.05) is 7.11 Å². The summed E-state index contributed by atoms with van der Waals surface area (Å²) >= 11 is 0. The fraction of sp³-hybridized carbons (Fsp3) is 0.907. The topological polar surface area (TPSA) is 64.6 Å². The van der Waals surface area contributed by atoms with E-state index in [0.717, 1.165) is 51.0 Å². The van der Waals surface area contributed by atoms with E-state index in [0.29, 0.717) is 52.9 Å². The Balaban J connectivity index is 1.22. The first-order chi connectivity index (χ1) is 22.7. The van der Waals surface area contributed by atoms with Crippen LogP contribution in [0.3, 0.4) is 0 Å². The molecule has 10 atom stereocenters. The molecule has 0 aromatic carbocycles. The molecule has 48 heavy (non-hydrogen) atoms. The van der Waals surface area contributed by atoms with Crippen molar-refractivity contribution in [1.82, 2.24) is 5.32 Å². The number of hydrogen-bond donors (Lipinski definition) is 1. The zero-order valence-electron chi connectivity index (χ0n) is 32.4. The molecule has 0 aliphatic heterocycles. The van der Waals surface area contributed by atoms with Crippen LogP contribution < -0.4 is 5.32 Å². The van der Waals surface area contributed by atoms with Crippen LogP contribution in [0.2, 0.25) is 0 Å². The molecule has 0 aromatic heterocycles. The predicted molar refractivity (Wildman–Crippen MR) is 196 cm³/mol. The number of hydrogen-bond acceptors (Lipinski definition) is 4. The molecule has 1 amide bonds. The first kappa shape index (κ1) is 37.9. The molecule has 5 heteroatoms. The molecule has 5 saturated carbocycles. The third-order valence-electron chi connectivity index (χ3n) is 16.6. The smallest absolute Gasteiger partial charge is 0.305 e. The second-order valence-corrected chi connectivity index (χ2v) is 18.8. The summed E-state index contributed by atoms with van der Waals surface area (Å²) < 4.78 is 10.8. The van der Waals surface area contributed by atoms with Crippen LogP contribution >= 0.6 is 0 Å². The Bertz CT molecular complexity index is 1160. The minimum atomic E-state index is -0.221. The maximum absolute atomic E-state index is 14.4. The SMILES string of the molecule is C=C(C)[C@@H]1CC[C@]2(C(=O)NCCCCCCCCCCC(=O)OC)CC[C@]3(C)[C@H](CC[C@@H]4[C@@]5(C)CC[C@H](OC)C(C)(C)[C@@H]5CC[C@]43C)[C@@H]12. The number of ether oxygens (including phenoxy) is 2. The lowest BCUT2D eigenvalue weighted by atomic mass is 9.32. The third-order valence-corrected chi connectivity index (χ3v) is 16.6. The van der Waals surface area contributed by atoms with Crippen molar-refractivity contribution in [1.29, 1.82) is 0 Å². The number of nitrogens with one attached hydrogen (secondary N) is 1. The number of carbonyl (C=O) groups is 2. The Kier molecular flexibility index (Phi) is 11.6. The third kappa shape index (κ3) is 6.36. The molecule has 0 aromatic rings. The molecule has 5 nitrogen and oxygen atoms in total. The Morgan fingerprint density at radius 3 is 2.04 bits per heavy atom. The molecule has 5 aliphatic rings. The zero-order valence-corrected chi connectivity index (χ0v) is 32.4. The van der Waals surface area contributed by atoms with E-state index in [2.05, 4.69) is 53.4 Å². The van der Waals surface area contributed by atoms with Gasteiger partial charge in [0.2, 0.25) is 5.91 Å². The maximum atomic E-state index is 14.4. The molecule has 0 unspecified atom stereocenters. The second kappa shape index (κ2) is 14.7. The van der Waals surface area contributed by atoms with E-state index >= 15 is 0 Å². The van der Waals surface area contributed by atoms with Crippen LogP contribution in [0.1, 0.15) is 164 Å². The summed E-state index contributed by atoms with van der Waals surface area (Å²) in [6, 6.07) is 0. The first-order valence-electron chi connectivity index (χ1n) is 20.3. The van der Waals surface area contributed by atoms with Crippen molar-refractivity contribution < 1.29 is 19.1 Å². The molecule has 0 saturated heterocycles. The number of allylic oxidation sites excluding steroid dienone is 1. The number of amides is 1. The van der Waals surface area contributed by atoms with E-state index < -0.39 is 0 Å². The largest absolute Gasteiger partial charge is 0.469 e. The summed E-state index contributed by atoms with van der Waals surface area (Å²) in [4.78, 5) is 25.7. The lowest BCUT2D eigenvalue weighted by Gasteiger charge is -2.73. The van der Waals surface area contributed by atoms with Crippen molar-refractivity contribution in [2.24, 2.45) is 56.7 Å². The molecule has 0 radical (unpaired) electrons. The van der Waals surface area contributed by atoms with Gasteiger partial charge in [0.15, 0.2) is 0 Å². The molecule has 0 bridgehead atoms. The summed E-state index contributed by atoms with van der Waals surface area (Å²) in [5.74, 6) is 3.22. The maximum Gasteiger partial charge on any atom is 0.305 e. The molecule has 274 valence electrons. The van der Waals surface area contributed by atoms with Crippen LogP contribution in [0.5, 0.6) is 0 Å². The van der Waals surface area contributed by atoms with Gasteiger partial charge in [0.25, 0.3) is 0 Å². The minimum Gasteiger partial charge on any atom is -0.469 e. The monoisotopic (exact) mass is 668 g/mol. The molecule has 5 rings (SSSR count). The summed E-state index contributed by atoms with van der Waals surface area (Å²) in [5.41, 5.74) is 2.23. The fourth-order valence-corrected chi connectivity index (χ4v) is 13.9. The van der Waals surface area contributed by atoms with Gasteiger partial charge in [-0.3, -0.25) is 9.59 Å². The Morgan fingerprint density at radius 2 is 1.40 bits per heavy atom. The quantitative estimate of drug-likeness (QED) is 0.114. The summed E-state index contributed by atoms with van der Waals surface area (Å²) in [6.45, 7) is 20.7. The van der Waals surface area contributed by atoms with E-state index in [1.54, 1.807) is 0 Å².